The van der Waals surface area contributed by atoms with Gasteiger partial charge in [-0.3, -0.25) is 0 Å². The maximum Gasteiger partial charge on any atom is 0.416 e. The van der Waals surface area contributed by atoms with Crippen LogP contribution in [0.25, 0.3) is 0 Å². The predicted molar refractivity (Wildman–Crippen MR) is 93.4 cm³/mol. The normalized spacial score (nSPS) is 12.8. The molecule has 0 aromatic heterocycles. The van der Waals surface area contributed by atoms with Gasteiger partial charge in [-0.05, 0) is 62.4 Å². The van der Waals surface area contributed by atoms with Gasteiger partial charge in [0.25, 0.3) is 0 Å². The zero-order valence-electron chi connectivity index (χ0n) is 14.2. The lowest BCUT2D eigenvalue weighted by atomic mass is 10.1. The van der Waals surface area contributed by atoms with Gasteiger partial charge in [-0.25, -0.2) is 0 Å². The minimum Gasteiger partial charge on any atom is -0.457 e. The molecule has 8 heteroatoms. The number of oxime groups is 1. The molecular formula is C18H18F3N3O2. The minimum absolute atomic E-state index is 0.300. The highest BCUT2D eigenvalue weighted by molar-refractivity contribution is 6.47. The fourth-order valence-electron chi connectivity index (χ4n) is 2.05. The second kappa shape index (κ2) is 8.37. The first kappa shape index (κ1) is 19.3. The van der Waals surface area contributed by atoms with Crippen molar-refractivity contribution < 1.29 is 22.7 Å². The van der Waals surface area contributed by atoms with E-state index in [9.17, 15) is 13.2 Å². The van der Waals surface area contributed by atoms with Crippen LogP contribution in [0, 0.1) is 0 Å². The van der Waals surface area contributed by atoms with Gasteiger partial charge >= 0.3 is 6.18 Å². The molecule has 5 nitrogen and oxygen atoms in total. The van der Waals surface area contributed by atoms with Crippen LogP contribution in [-0.2, 0) is 11.0 Å². The first-order valence-corrected chi connectivity index (χ1v) is 7.75. The Kier molecular flexibility index (Phi) is 6.21. The minimum atomic E-state index is -4.38. The van der Waals surface area contributed by atoms with Crippen LogP contribution < -0.4 is 10.6 Å². The van der Waals surface area contributed by atoms with Crippen molar-refractivity contribution >= 4 is 11.4 Å². The van der Waals surface area contributed by atoms with E-state index in [0.717, 1.165) is 12.1 Å². The number of nitrogens with two attached hydrogens (primary N) is 1. The molecule has 138 valence electrons. The van der Waals surface area contributed by atoms with Crippen LogP contribution in [0.3, 0.4) is 0 Å². The summed E-state index contributed by atoms with van der Waals surface area (Å²) >= 11 is 0. The average molecular weight is 365 g/mol. The van der Waals surface area contributed by atoms with Gasteiger partial charge in [-0.15, -0.1) is 0 Å². The molecule has 2 N–H and O–H groups in total. The summed E-state index contributed by atoms with van der Waals surface area (Å²) in [4.78, 5) is 5.07. The lowest BCUT2D eigenvalue weighted by Crippen LogP contribution is -2.14. The van der Waals surface area contributed by atoms with Crippen LogP contribution in [0.15, 0.2) is 58.8 Å². The smallest absolute Gasteiger partial charge is 0.416 e. The van der Waals surface area contributed by atoms with Gasteiger partial charge in [0.1, 0.15) is 23.8 Å². The van der Waals surface area contributed by atoms with Gasteiger partial charge in [0.2, 0.25) is 0 Å². The van der Waals surface area contributed by atoms with Crippen molar-refractivity contribution in [3.63, 3.8) is 0 Å². The monoisotopic (exact) mass is 365 g/mol. The summed E-state index contributed by atoms with van der Waals surface area (Å²) < 4.78 is 43.3. The van der Waals surface area contributed by atoms with E-state index in [2.05, 4.69) is 10.3 Å². The van der Waals surface area contributed by atoms with Crippen molar-refractivity contribution in [1.29, 1.82) is 0 Å². The molecule has 0 atom stereocenters. The van der Waals surface area contributed by atoms with E-state index < -0.39 is 11.7 Å². The Hall–Kier alpha value is -3.03. The molecule has 0 radical (unpaired) electrons. The van der Waals surface area contributed by atoms with Gasteiger partial charge in [0.05, 0.1) is 11.3 Å². The molecule has 0 saturated heterocycles. The molecule has 0 heterocycles. The first-order chi connectivity index (χ1) is 12.3. The summed E-state index contributed by atoms with van der Waals surface area (Å²) in [6.45, 7) is 3.90. The summed E-state index contributed by atoms with van der Waals surface area (Å²) in [6, 6.07) is 11.3. The van der Waals surface area contributed by atoms with Crippen molar-refractivity contribution in [2.24, 2.45) is 16.1 Å². The Labute approximate surface area is 148 Å². The quantitative estimate of drug-likeness (QED) is 0.463. The van der Waals surface area contributed by atoms with Crippen LogP contribution in [0.1, 0.15) is 25.0 Å². The molecule has 0 fully saturated rings. The van der Waals surface area contributed by atoms with Crippen molar-refractivity contribution in [3.8, 4) is 11.5 Å². The molecule has 2 aromatic carbocycles. The lowest BCUT2D eigenvalue weighted by Gasteiger charge is -2.10. The number of alkyl halides is 3. The molecule has 0 aliphatic carbocycles. The molecule has 26 heavy (non-hydrogen) atoms. The number of ether oxygens (including phenoxy) is 1. The van der Waals surface area contributed by atoms with Gasteiger partial charge in [-0.2, -0.15) is 18.3 Å². The molecule has 0 saturated carbocycles. The second-order valence-corrected chi connectivity index (χ2v) is 5.22. The highest BCUT2D eigenvalue weighted by Crippen LogP contribution is 2.31. The summed E-state index contributed by atoms with van der Waals surface area (Å²) in [5, 5.41) is 7.61. The van der Waals surface area contributed by atoms with E-state index in [1.54, 1.807) is 38.1 Å². The van der Waals surface area contributed by atoms with E-state index in [1.165, 1.54) is 12.1 Å². The number of hydrazone groups is 1. The van der Waals surface area contributed by atoms with E-state index in [1.807, 2.05) is 0 Å². The van der Waals surface area contributed by atoms with Crippen molar-refractivity contribution in [2.75, 3.05) is 6.61 Å². The van der Waals surface area contributed by atoms with Gasteiger partial charge in [0.15, 0.2) is 0 Å². The van der Waals surface area contributed by atoms with Crippen LogP contribution in [-0.4, -0.2) is 18.0 Å². The van der Waals surface area contributed by atoms with E-state index in [4.69, 9.17) is 15.4 Å². The molecule has 0 amide bonds. The van der Waals surface area contributed by atoms with Crippen LogP contribution in [0.2, 0.25) is 0 Å². The molecule has 0 aliphatic rings. The number of hydrogen-bond donors (Lipinski definition) is 1. The van der Waals surface area contributed by atoms with Crippen molar-refractivity contribution in [3.05, 3.63) is 59.7 Å². The third-order valence-corrected chi connectivity index (χ3v) is 3.37. The first-order valence-electron chi connectivity index (χ1n) is 7.75. The number of hydrogen-bond acceptors (Lipinski definition) is 5. The molecule has 0 bridgehead atoms. The number of benzene rings is 2. The molecule has 2 rings (SSSR count). The van der Waals surface area contributed by atoms with Gasteiger partial charge < -0.3 is 15.4 Å². The largest absolute Gasteiger partial charge is 0.457 e. The summed E-state index contributed by atoms with van der Waals surface area (Å²) in [7, 11) is 0. The topological polar surface area (TPSA) is 69.2 Å². The number of halogens is 3. The second-order valence-electron chi connectivity index (χ2n) is 5.22. The van der Waals surface area contributed by atoms with Gasteiger partial charge in [0, 0.05) is 5.56 Å². The maximum absolute atomic E-state index is 12.6. The fraction of sp³-hybridized carbons (Fsp3) is 0.222. The Balaban J connectivity index is 2.16. The Bertz CT molecular complexity index is 783. The van der Waals surface area contributed by atoms with Crippen molar-refractivity contribution in [1.82, 2.24) is 0 Å². The fourth-order valence-corrected chi connectivity index (χ4v) is 2.05. The maximum atomic E-state index is 12.6. The van der Waals surface area contributed by atoms with Crippen molar-refractivity contribution in [2.45, 2.75) is 20.0 Å². The Morgan fingerprint density at radius 3 is 2.00 bits per heavy atom. The molecule has 0 unspecified atom stereocenters. The third kappa shape index (κ3) is 4.98. The standard InChI is InChI=1S/C18H18F3N3O2/c1-3-25-24-17(12(2)23-22)13-4-8-15(9-5-13)26-16-10-6-14(7-11-16)18(19,20)21/h4-11H,3,22H2,1-2H3. The Morgan fingerprint density at radius 2 is 1.54 bits per heavy atom. The molecular weight excluding hydrogens is 347 g/mol. The Morgan fingerprint density at radius 1 is 1.00 bits per heavy atom. The van der Waals surface area contributed by atoms with Crippen LogP contribution >= 0.6 is 0 Å². The van der Waals surface area contributed by atoms with E-state index in [-0.39, 0.29) is 0 Å². The predicted octanol–water partition coefficient (Wildman–Crippen LogP) is 4.57. The SMILES string of the molecule is CCON=C(C(C)=NN)c1ccc(Oc2ccc(C(F)(F)F)cc2)cc1. The zero-order valence-corrected chi connectivity index (χ0v) is 14.2. The van der Waals surface area contributed by atoms with Crippen LogP contribution in [0.4, 0.5) is 13.2 Å². The molecule has 2 aromatic rings. The summed E-state index contributed by atoms with van der Waals surface area (Å²) in [6.07, 6.45) is -4.38. The van der Waals surface area contributed by atoms with E-state index >= 15 is 0 Å². The third-order valence-electron chi connectivity index (χ3n) is 3.37. The number of nitrogens with zero attached hydrogens (tertiary/aromatic N) is 2. The summed E-state index contributed by atoms with van der Waals surface area (Å²) in [5.41, 5.74) is 0.962. The molecule has 0 aliphatic heterocycles. The lowest BCUT2D eigenvalue weighted by molar-refractivity contribution is -0.137. The van der Waals surface area contributed by atoms with Gasteiger partial charge in [-0.1, -0.05) is 5.16 Å². The highest BCUT2D eigenvalue weighted by Gasteiger charge is 2.30. The highest BCUT2D eigenvalue weighted by atomic mass is 19.4. The van der Waals surface area contributed by atoms with Crippen LogP contribution in [0.5, 0.6) is 11.5 Å². The zero-order chi connectivity index (χ0) is 19.2. The number of rotatable bonds is 6. The summed E-state index contributed by atoms with van der Waals surface area (Å²) in [5.74, 6) is 6.07. The van der Waals surface area contributed by atoms with E-state index in [0.29, 0.717) is 35.1 Å². The molecule has 0 spiro atoms. The average Bonchev–Trinajstić information content (AvgIpc) is 2.62.